The zero-order chi connectivity index (χ0) is 16.2. The number of azide groups is 1. The van der Waals surface area contributed by atoms with Gasteiger partial charge in [0, 0.05) is 17.9 Å². The van der Waals surface area contributed by atoms with E-state index in [0.717, 1.165) is 5.56 Å². The summed E-state index contributed by atoms with van der Waals surface area (Å²) in [5.74, 6) is 0.333. The highest BCUT2D eigenvalue weighted by molar-refractivity contribution is 5.75. The van der Waals surface area contributed by atoms with Crippen LogP contribution in [0.1, 0.15) is 19.4 Å². The summed E-state index contributed by atoms with van der Waals surface area (Å²) in [5.41, 5.74) is 9.12. The van der Waals surface area contributed by atoms with Crippen LogP contribution in [0.25, 0.3) is 10.4 Å². The van der Waals surface area contributed by atoms with Gasteiger partial charge >= 0.3 is 5.97 Å². The predicted octanol–water partition coefficient (Wildman–Crippen LogP) is 2.89. The van der Waals surface area contributed by atoms with Crippen LogP contribution in [0, 0.1) is 0 Å². The minimum atomic E-state index is -0.596. The van der Waals surface area contributed by atoms with Gasteiger partial charge in [0.05, 0.1) is 19.8 Å². The molecule has 0 saturated carbocycles. The van der Waals surface area contributed by atoms with Gasteiger partial charge in [-0.1, -0.05) is 17.2 Å². The fraction of sp³-hybridized carbons (Fsp3) is 0.533. The van der Waals surface area contributed by atoms with Crippen LogP contribution < -0.4 is 4.74 Å². The Balaban J connectivity index is 2.56. The van der Waals surface area contributed by atoms with E-state index >= 15 is 0 Å². The normalized spacial score (nSPS) is 11.4. The monoisotopic (exact) mass is 307 g/mol. The summed E-state index contributed by atoms with van der Waals surface area (Å²) in [6, 6.07) is 7.35. The zero-order valence-corrected chi connectivity index (χ0v) is 12.9. The van der Waals surface area contributed by atoms with Crippen LogP contribution >= 0.6 is 0 Å². The molecule has 1 atom stereocenters. The third-order valence-electron chi connectivity index (χ3n) is 2.79. The maximum absolute atomic E-state index is 11.8. The van der Waals surface area contributed by atoms with Gasteiger partial charge in [0.25, 0.3) is 0 Å². The Kier molecular flexibility index (Phi) is 8.49. The number of carbonyl (C=O) groups is 1. The number of ether oxygens (including phenoxy) is 3. The largest absolute Gasteiger partial charge is 0.493 e. The van der Waals surface area contributed by atoms with Crippen molar-refractivity contribution in [3.05, 3.63) is 40.3 Å². The molecular weight excluding hydrogens is 286 g/mol. The highest BCUT2D eigenvalue weighted by atomic mass is 16.6. The van der Waals surface area contributed by atoms with Gasteiger partial charge in [-0.2, -0.15) is 0 Å². The van der Waals surface area contributed by atoms with E-state index in [9.17, 15) is 4.79 Å². The molecule has 0 heterocycles. The third-order valence-corrected chi connectivity index (χ3v) is 2.79. The molecule has 1 aromatic carbocycles. The van der Waals surface area contributed by atoms with Crippen LogP contribution in [0.5, 0.6) is 5.75 Å². The number of hydrogen-bond acceptors (Lipinski definition) is 5. The quantitative estimate of drug-likeness (QED) is 0.218. The molecule has 1 rings (SSSR count). The molecule has 0 bridgehead atoms. The Bertz CT molecular complexity index is 498. The van der Waals surface area contributed by atoms with Crippen LogP contribution in [-0.2, 0) is 20.7 Å². The number of nitrogens with zero attached hydrogens (tertiary/aromatic N) is 3. The van der Waals surface area contributed by atoms with Gasteiger partial charge in [0.1, 0.15) is 5.75 Å². The van der Waals surface area contributed by atoms with Crippen LogP contribution in [0.4, 0.5) is 0 Å². The topological polar surface area (TPSA) is 93.5 Å². The molecule has 22 heavy (non-hydrogen) atoms. The molecule has 0 spiro atoms. The van der Waals surface area contributed by atoms with E-state index in [1.807, 2.05) is 19.1 Å². The Morgan fingerprint density at radius 2 is 2.00 bits per heavy atom. The van der Waals surface area contributed by atoms with Crippen molar-refractivity contribution >= 4 is 5.97 Å². The Labute approximate surface area is 129 Å². The van der Waals surface area contributed by atoms with Crippen LogP contribution in [0.2, 0.25) is 0 Å². The lowest BCUT2D eigenvalue weighted by Gasteiger charge is -2.15. The molecule has 120 valence electrons. The summed E-state index contributed by atoms with van der Waals surface area (Å²) in [6.45, 7) is 5.00. The van der Waals surface area contributed by atoms with Gasteiger partial charge < -0.3 is 14.2 Å². The fourth-order valence-electron chi connectivity index (χ4n) is 1.83. The number of esters is 1. The molecule has 0 saturated heterocycles. The average Bonchev–Trinajstić information content (AvgIpc) is 2.53. The molecule has 1 unspecified atom stereocenters. The lowest BCUT2D eigenvalue weighted by atomic mass is 10.1. The fourth-order valence-corrected chi connectivity index (χ4v) is 1.83. The molecule has 0 N–H and O–H groups in total. The van der Waals surface area contributed by atoms with Crippen LogP contribution in [0.15, 0.2) is 29.4 Å². The van der Waals surface area contributed by atoms with Crippen LogP contribution in [0.3, 0.4) is 0 Å². The summed E-state index contributed by atoms with van der Waals surface area (Å²) >= 11 is 0. The maximum atomic E-state index is 11.8. The van der Waals surface area contributed by atoms with Gasteiger partial charge in [-0.15, -0.1) is 0 Å². The summed E-state index contributed by atoms with van der Waals surface area (Å²) in [5, 5.41) is 3.39. The molecule has 0 aliphatic rings. The van der Waals surface area contributed by atoms with Crippen molar-refractivity contribution in [2.24, 2.45) is 5.11 Å². The van der Waals surface area contributed by atoms with Crippen molar-refractivity contribution in [2.75, 3.05) is 26.4 Å². The van der Waals surface area contributed by atoms with Gasteiger partial charge in [0.2, 0.25) is 0 Å². The second-order valence-corrected chi connectivity index (χ2v) is 4.35. The molecule has 0 aliphatic carbocycles. The lowest BCUT2D eigenvalue weighted by molar-refractivity contribution is -0.156. The molecule has 1 aromatic rings. The van der Waals surface area contributed by atoms with E-state index in [-0.39, 0.29) is 12.5 Å². The minimum Gasteiger partial charge on any atom is -0.493 e. The van der Waals surface area contributed by atoms with E-state index in [4.69, 9.17) is 19.7 Å². The molecule has 7 heteroatoms. The van der Waals surface area contributed by atoms with Crippen molar-refractivity contribution in [3.8, 4) is 5.75 Å². The Hall–Kier alpha value is -2.24. The number of rotatable bonds is 10. The maximum Gasteiger partial charge on any atom is 0.335 e. The molecule has 0 amide bonds. The van der Waals surface area contributed by atoms with E-state index in [1.54, 1.807) is 19.1 Å². The number of hydrogen-bond donors (Lipinski definition) is 0. The Morgan fingerprint density at radius 3 is 2.59 bits per heavy atom. The molecule has 0 aliphatic heterocycles. The van der Waals surface area contributed by atoms with Gasteiger partial charge in [-0.25, -0.2) is 4.79 Å². The van der Waals surface area contributed by atoms with Crippen LogP contribution in [-0.4, -0.2) is 38.4 Å². The van der Waals surface area contributed by atoms with E-state index in [2.05, 4.69) is 10.0 Å². The summed E-state index contributed by atoms with van der Waals surface area (Å²) in [4.78, 5) is 14.4. The number of benzene rings is 1. The first-order valence-electron chi connectivity index (χ1n) is 7.22. The lowest BCUT2D eigenvalue weighted by Crippen LogP contribution is -2.28. The minimum absolute atomic E-state index is 0.285. The summed E-state index contributed by atoms with van der Waals surface area (Å²) < 4.78 is 15.8. The van der Waals surface area contributed by atoms with Crippen molar-refractivity contribution in [3.63, 3.8) is 0 Å². The highest BCUT2D eigenvalue weighted by Gasteiger charge is 2.20. The number of carbonyl (C=O) groups excluding carboxylic acids is 1. The van der Waals surface area contributed by atoms with E-state index < -0.39 is 6.10 Å². The predicted molar refractivity (Wildman–Crippen MR) is 81.7 cm³/mol. The van der Waals surface area contributed by atoms with E-state index in [0.29, 0.717) is 32.0 Å². The van der Waals surface area contributed by atoms with Crippen molar-refractivity contribution in [1.29, 1.82) is 0 Å². The summed E-state index contributed by atoms with van der Waals surface area (Å²) in [7, 11) is 0. The van der Waals surface area contributed by atoms with E-state index in [1.165, 1.54) is 0 Å². The first kappa shape index (κ1) is 17.8. The SMILES string of the molecule is CCOC(=O)C(Cc1ccc(OCCN=[N+]=[N-])cc1)OCC. The molecule has 0 aromatic heterocycles. The average molecular weight is 307 g/mol. The molecular formula is C15H21N3O4. The smallest absolute Gasteiger partial charge is 0.335 e. The third kappa shape index (κ3) is 6.47. The molecule has 0 fully saturated rings. The second kappa shape index (κ2) is 10.5. The first-order valence-corrected chi connectivity index (χ1v) is 7.22. The van der Waals surface area contributed by atoms with Crippen molar-refractivity contribution in [1.82, 2.24) is 0 Å². The standard InChI is InChI=1S/C15H21N3O4/c1-3-20-14(15(19)21-4-2)11-12-5-7-13(8-6-12)22-10-9-17-18-16/h5-8,14H,3-4,9-11H2,1-2H3. The Morgan fingerprint density at radius 1 is 1.27 bits per heavy atom. The highest BCUT2D eigenvalue weighted by Crippen LogP contribution is 2.15. The van der Waals surface area contributed by atoms with Gasteiger partial charge in [0.15, 0.2) is 6.10 Å². The second-order valence-electron chi connectivity index (χ2n) is 4.35. The first-order chi connectivity index (χ1) is 10.7. The van der Waals surface area contributed by atoms with Gasteiger partial charge in [-0.3, -0.25) is 0 Å². The van der Waals surface area contributed by atoms with Gasteiger partial charge in [-0.05, 0) is 37.1 Å². The summed E-state index contributed by atoms with van der Waals surface area (Å²) in [6.07, 6.45) is -0.146. The van der Waals surface area contributed by atoms with Crippen molar-refractivity contribution in [2.45, 2.75) is 26.4 Å². The zero-order valence-electron chi connectivity index (χ0n) is 12.9. The van der Waals surface area contributed by atoms with Crippen molar-refractivity contribution < 1.29 is 19.0 Å². The molecule has 0 radical (unpaired) electrons. The molecule has 7 nitrogen and oxygen atoms in total.